The van der Waals surface area contributed by atoms with Crippen LogP contribution >= 0.6 is 22.9 Å². The summed E-state index contributed by atoms with van der Waals surface area (Å²) in [5, 5.41) is 9.38. The van der Waals surface area contributed by atoms with Crippen LogP contribution in [0, 0.1) is 0 Å². The number of nitrogens with one attached hydrogen (secondary N) is 2. The third-order valence-corrected chi connectivity index (χ3v) is 3.87. The van der Waals surface area contributed by atoms with Gasteiger partial charge in [0.05, 0.1) is 0 Å². The van der Waals surface area contributed by atoms with Crippen LogP contribution in [-0.2, 0) is 14.3 Å². The third-order valence-electron chi connectivity index (χ3n) is 2.94. The first-order chi connectivity index (χ1) is 10.6. The molecule has 116 valence electrons. The zero-order valence-corrected chi connectivity index (χ0v) is 13.4. The normalized spacial score (nSPS) is 11.7. The number of carbonyl (C=O) groups excluding carboxylic acids is 2. The summed E-state index contributed by atoms with van der Waals surface area (Å²) in [5.41, 5.74) is 1.43. The predicted molar refractivity (Wildman–Crippen MR) is 87.2 cm³/mol. The molecular formula is C15H15ClN2O3S. The number of halogens is 1. The van der Waals surface area contributed by atoms with Crippen molar-refractivity contribution in [2.24, 2.45) is 0 Å². The van der Waals surface area contributed by atoms with E-state index in [1.54, 1.807) is 42.7 Å². The average Bonchev–Trinajstić information content (AvgIpc) is 3.02. The highest BCUT2D eigenvalue weighted by Crippen LogP contribution is 2.18. The standard InChI is InChI=1S/C15H15ClN2O3S/c1-21-13(10-5-6-22-9-10)8-17-14(19)15(20)18-12-4-2-3-11(16)7-12/h2-7,9,13H,8H2,1H3,(H,17,19)(H,18,20). The maximum atomic E-state index is 11.8. The summed E-state index contributed by atoms with van der Waals surface area (Å²) >= 11 is 7.36. The van der Waals surface area contributed by atoms with Gasteiger partial charge in [0.2, 0.25) is 0 Å². The first-order valence-electron chi connectivity index (χ1n) is 6.50. The Bertz CT molecular complexity index is 646. The lowest BCUT2D eigenvalue weighted by Crippen LogP contribution is -2.37. The topological polar surface area (TPSA) is 67.4 Å². The lowest BCUT2D eigenvalue weighted by molar-refractivity contribution is -0.136. The number of amides is 2. The van der Waals surface area contributed by atoms with Crippen molar-refractivity contribution in [1.29, 1.82) is 0 Å². The molecule has 7 heteroatoms. The van der Waals surface area contributed by atoms with Crippen LogP contribution < -0.4 is 10.6 Å². The van der Waals surface area contributed by atoms with Gasteiger partial charge in [-0.1, -0.05) is 17.7 Å². The van der Waals surface area contributed by atoms with Gasteiger partial charge >= 0.3 is 11.8 Å². The van der Waals surface area contributed by atoms with Crippen molar-refractivity contribution in [3.63, 3.8) is 0 Å². The number of thiophene rings is 1. The van der Waals surface area contributed by atoms with Crippen molar-refractivity contribution < 1.29 is 14.3 Å². The number of benzene rings is 1. The SMILES string of the molecule is COC(CNC(=O)C(=O)Nc1cccc(Cl)c1)c1ccsc1. The fourth-order valence-electron chi connectivity index (χ4n) is 1.82. The van der Waals surface area contributed by atoms with Crippen molar-refractivity contribution in [2.45, 2.75) is 6.10 Å². The molecule has 2 N–H and O–H groups in total. The molecule has 1 heterocycles. The minimum absolute atomic E-state index is 0.217. The second kappa shape index (κ2) is 7.93. The van der Waals surface area contributed by atoms with Crippen molar-refractivity contribution in [3.8, 4) is 0 Å². The second-order valence-electron chi connectivity index (χ2n) is 4.46. The van der Waals surface area contributed by atoms with Gasteiger partial charge in [-0.2, -0.15) is 11.3 Å². The van der Waals surface area contributed by atoms with E-state index in [9.17, 15) is 9.59 Å². The molecule has 0 spiro atoms. The van der Waals surface area contributed by atoms with Gasteiger partial charge in [-0.25, -0.2) is 0 Å². The van der Waals surface area contributed by atoms with Crippen LogP contribution in [0.15, 0.2) is 41.1 Å². The van der Waals surface area contributed by atoms with E-state index in [4.69, 9.17) is 16.3 Å². The lowest BCUT2D eigenvalue weighted by atomic mass is 10.2. The van der Waals surface area contributed by atoms with Crippen LogP contribution in [0.2, 0.25) is 5.02 Å². The van der Waals surface area contributed by atoms with Gasteiger partial charge in [-0.15, -0.1) is 0 Å². The van der Waals surface area contributed by atoms with Crippen LogP contribution in [-0.4, -0.2) is 25.5 Å². The summed E-state index contributed by atoms with van der Waals surface area (Å²) in [5.74, 6) is -1.47. The molecule has 0 bridgehead atoms. The van der Waals surface area contributed by atoms with Crippen molar-refractivity contribution in [3.05, 3.63) is 51.7 Å². The molecule has 0 fully saturated rings. The Morgan fingerprint density at radius 3 is 2.77 bits per heavy atom. The quantitative estimate of drug-likeness (QED) is 0.824. The Morgan fingerprint density at radius 2 is 2.14 bits per heavy atom. The van der Waals surface area contributed by atoms with Gasteiger partial charge in [-0.05, 0) is 40.6 Å². The number of hydrogen-bond acceptors (Lipinski definition) is 4. The van der Waals surface area contributed by atoms with Crippen LogP contribution in [0.1, 0.15) is 11.7 Å². The molecule has 0 aliphatic carbocycles. The van der Waals surface area contributed by atoms with Gasteiger partial charge in [-0.3, -0.25) is 9.59 Å². The van der Waals surface area contributed by atoms with E-state index in [1.165, 1.54) is 0 Å². The molecule has 2 amide bonds. The number of hydrogen-bond donors (Lipinski definition) is 2. The fourth-order valence-corrected chi connectivity index (χ4v) is 2.71. The number of ether oxygens (including phenoxy) is 1. The highest BCUT2D eigenvalue weighted by atomic mass is 35.5. The van der Waals surface area contributed by atoms with E-state index < -0.39 is 11.8 Å². The van der Waals surface area contributed by atoms with Gasteiger partial charge in [0.1, 0.15) is 6.10 Å². The molecule has 1 unspecified atom stereocenters. The van der Waals surface area contributed by atoms with Crippen LogP contribution in [0.3, 0.4) is 0 Å². The average molecular weight is 339 g/mol. The molecular weight excluding hydrogens is 324 g/mol. The molecule has 0 aliphatic rings. The second-order valence-corrected chi connectivity index (χ2v) is 5.67. The summed E-state index contributed by atoms with van der Waals surface area (Å²) in [6.07, 6.45) is -0.283. The molecule has 0 saturated carbocycles. The Kier molecular flexibility index (Phi) is 5.94. The number of rotatable bonds is 5. The van der Waals surface area contributed by atoms with Gasteiger partial charge < -0.3 is 15.4 Å². The first kappa shape index (κ1) is 16.5. The highest BCUT2D eigenvalue weighted by molar-refractivity contribution is 7.07. The summed E-state index contributed by atoms with van der Waals surface area (Å²) < 4.78 is 5.30. The molecule has 2 rings (SSSR count). The molecule has 1 atom stereocenters. The number of carbonyl (C=O) groups is 2. The van der Waals surface area contributed by atoms with Crippen LogP contribution in [0.25, 0.3) is 0 Å². The number of methoxy groups -OCH3 is 1. The predicted octanol–water partition coefficient (Wildman–Crippen LogP) is 2.84. The summed E-state index contributed by atoms with van der Waals surface area (Å²) in [6.45, 7) is 0.217. The molecule has 0 saturated heterocycles. The number of anilines is 1. The van der Waals surface area contributed by atoms with Gasteiger partial charge in [0.25, 0.3) is 0 Å². The van der Waals surface area contributed by atoms with E-state index in [0.717, 1.165) is 5.56 Å². The van der Waals surface area contributed by atoms with Crippen molar-refractivity contribution >= 4 is 40.4 Å². The van der Waals surface area contributed by atoms with Crippen molar-refractivity contribution in [1.82, 2.24) is 5.32 Å². The van der Waals surface area contributed by atoms with E-state index >= 15 is 0 Å². The lowest BCUT2D eigenvalue weighted by Gasteiger charge is -2.14. The largest absolute Gasteiger partial charge is 0.375 e. The Labute approximate surface area is 137 Å². The Balaban J connectivity index is 1.87. The molecule has 2 aromatic rings. The molecule has 1 aromatic carbocycles. The van der Waals surface area contributed by atoms with E-state index in [0.29, 0.717) is 10.7 Å². The molecule has 5 nitrogen and oxygen atoms in total. The van der Waals surface area contributed by atoms with E-state index in [2.05, 4.69) is 10.6 Å². The van der Waals surface area contributed by atoms with Crippen LogP contribution in [0.4, 0.5) is 5.69 Å². The molecule has 1 aromatic heterocycles. The minimum Gasteiger partial charge on any atom is -0.375 e. The first-order valence-corrected chi connectivity index (χ1v) is 7.82. The zero-order chi connectivity index (χ0) is 15.9. The fraction of sp³-hybridized carbons (Fsp3) is 0.200. The highest BCUT2D eigenvalue weighted by Gasteiger charge is 2.17. The monoisotopic (exact) mass is 338 g/mol. The van der Waals surface area contributed by atoms with E-state index in [1.807, 2.05) is 16.8 Å². The Hall–Kier alpha value is -1.89. The summed E-state index contributed by atoms with van der Waals surface area (Å²) in [6, 6.07) is 8.50. The zero-order valence-electron chi connectivity index (χ0n) is 11.8. The van der Waals surface area contributed by atoms with Gasteiger partial charge in [0, 0.05) is 24.4 Å². The Morgan fingerprint density at radius 1 is 1.32 bits per heavy atom. The smallest absolute Gasteiger partial charge is 0.313 e. The molecule has 0 radical (unpaired) electrons. The third kappa shape index (κ3) is 4.56. The molecule has 22 heavy (non-hydrogen) atoms. The molecule has 0 aliphatic heterocycles. The maximum absolute atomic E-state index is 11.8. The van der Waals surface area contributed by atoms with E-state index in [-0.39, 0.29) is 12.6 Å². The summed E-state index contributed by atoms with van der Waals surface area (Å²) in [7, 11) is 1.56. The van der Waals surface area contributed by atoms with Gasteiger partial charge in [0.15, 0.2) is 0 Å². The summed E-state index contributed by atoms with van der Waals surface area (Å²) in [4.78, 5) is 23.6. The van der Waals surface area contributed by atoms with Crippen LogP contribution in [0.5, 0.6) is 0 Å². The maximum Gasteiger partial charge on any atom is 0.313 e. The van der Waals surface area contributed by atoms with Crippen molar-refractivity contribution in [2.75, 3.05) is 19.0 Å². The minimum atomic E-state index is -0.748.